The highest BCUT2D eigenvalue weighted by Gasteiger charge is 2.64. The Morgan fingerprint density at radius 2 is 1.82 bits per heavy atom. The van der Waals surface area contributed by atoms with Gasteiger partial charge in [-0.25, -0.2) is 13.4 Å². The Labute approximate surface area is 328 Å². The van der Waals surface area contributed by atoms with Gasteiger partial charge in [0.2, 0.25) is 21.8 Å². The maximum atomic E-state index is 14.9. The van der Waals surface area contributed by atoms with Crippen molar-refractivity contribution in [2.75, 3.05) is 13.7 Å². The summed E-state index contributed by atoms with van der Waals surface area (Å²) in [6.07, 6.45) is 13.3. The van der Waals surface area contributed by atoms with Crippen LogP contribution in [0.15, 0.2) is 30.4 Å². The molecular weight excluding hydrogens is 737 g/mol. The van der Waals surface area contributed by atoms with Gasteiger partial charge in [0.15, 0.2) is 0 Å². The monoisotopic (exact) mass is 790 g/mol. The normalized spacial score (nSPS) is 30.8. The first-order valence-electron chi connectivity index (χ1n) is 20.5. The fraction of sp³-hybridized carbons (Fsp3) is 0.643. The number of allylic oxidation sites excluding steroid dienone is 1. The minimum absolute atomic E-state index is 0.0847. The van der Waals surface area contributed by atoms with Crippen molar-refractivity contribution in [1.82, 2.24) is 19.9 Å². The molecule has 1 aromatic carbocycles. The van der Waals surface area contributed by atoms with Crippen LogP contribution in [0.25, 0.3) is 10.9 Å². The lowest BCUT2D eigenvalue weighted by atomic mass is 9.87. The fourth-order valence-corrected chi connectivity index (χ4v) is 10.7. The average Bonchev–Trinajstić information content (AvgIpc) is 3.96. The van der Waals surface area contributed by atoms with Crippen LogP contribution in [0.1, 0.15) is 114 Å². The number of fused-ring (bicyclic) bond motifs is 5. The molecule has 6 aliphatic rings. The van der Waals surface area contributed by atoms with Crippen molar-refractivity contribution in [3.8, 4) is 11.5 Å². The van der Waals surface area contributed by atoms with E-state index in [1.54, 1.807) is 18.9 Å². The van der Waals surface area contributed by atoms with Crippen LogP contribution in [0.4, 0.5) is 0 Å². The number of methoxy groups -OCH3 is 1. The summed E-state index contributed by atoms with van der Waals surface area (Å²) in [4.78, 5) is 63.3. The highest BCUT2D eigenvalue weighted by atomic mass is 32.2. The van der Waals surface area contributed by atoms with Gasteiger partial charge in [0, 0.05) is 29.2 Å². The summed E-state index contributed by atoms with van der Waals surface area (Å²) in [6, 6.07) is 4.69. The third kappa shape index (κ3) is 7.26. The minimum atomic E-state index is -3.98. The number of hydrogen-bond acceptors (Lipinski definition) is 10. The number of esters is 1. The minimum Gasteiger partial charge on any atom is -0.497 e. The lowest BCUT2D eigenvalue weighted by Gasteiger charge is -2.36. The number of ether oxygens (including phenoxy) is 3. The molecule has 13 nitrogen and oxygen atoms in total. The van der Waals surface area contributed by atoms with Gasteiger partial charge >= 0.3 is 5.97 Å². The Morgan fingerprint density at radius 3 is 2.57 bits per heavy atom. The molecular formula is C42H54N4O9S. The molecule has 1 saturated heterocycles. The molecule has 56 heavy (non-hydrogen) atoms. The summed E-state index contributed by atoms with van der Waals surface area (Å²) >= 11 is 0. The van der Waals surface area contributed by atoms with Gasteiger partial charge in [-0.1, -0.05) is 25.0 Å². The highest BCUT2D eigenvalue weighted by Crippen LogP contribution is 2.49. The quantitative estimate of drug-likeness (QED) is 0.284. The van der Waals surface area contributed by atoms with Crippen molar-refractivity contribution in [3.05, 3.63) is 41.6 Å². The maximum absolute atomic E-state index is 14.9. The van der Waals surface area contributed by atoms with Gasteiger partial charge in [-0.2, -0.15) is 0 Å². The summed E-state index contributed by atoms with van der Waals surface area (Å²) in [5.74, 6) is -1.84. The molecule has 2 N–H and O–H groups in total. The average molecular weight is 791 g/mol. The largest absolute Gasteiger partial charge is 0.497 e. The van der Waals surface area contributed by atoms with Crippen molar-refractivity contribution in [2.24, 2.45) is 11.8 Å². The highest BCUT2D eigenvalue weighted by molar-refractivity contribution is 7.91. The molecule has 0 bridgehead atoms. The van der Waals surface area contributed by atoms with Gasteiger partial charge in [-0.05, 0) is 109 Å². The Bertz CT molecular complexity index is 2080. The Hall–Kier alpha value is -4.20. The molecule has 1 aromatic heterocycles. The van der Waals surface area contributed by atoms with Crippen LogP contribution in [-0.2, 0) is 40.4 Å². The number of rotatable bonds is 7. The fourth-order valence-electron chi connectivity index (χ4n) is 9.37. The number of nitrogens with one attached hydrogen (secondary N) is 2. The number of pyridine rings is 1. The Morgan fingerprint density at radius 1 is 1.05 bits per heavy atom. The molecule has 14 heteroatoms. The molecule has 2 aromatic rings. The van der Waals surface area contributed by atoms with Gasteiger partial charge in [0.25, 0.3) is 5.91 Å². The number of amides is 3. The third-order valence-electron chi connectivity index (χ3n) is 13.3. The van der Waals surface area contributed by atoms with E-state index in [9.17, 15) is 27.6 Å². The van der Waals surface area contributed by atoms with Crippen LogP contribution in [0.5, 0.6) is 11.5 Å². The number of aromatic nitrogens is 1. The van der Waals surface area contributed by atoms with Gasteiger partial charge in [0.05, 0.1) is 36.0 Å². The first-order valence-corrected chi connectivity index (χ1v) is 22.0. The van der Waals surface area contributed by atoms with E-state index in [0.29, 0.717) is 55.7 Å². The SMILES string of the molecule is COc1ccc2nc(C)c3c(c2c1)CC[C@]1(C[C@H]2C(=O)N[C@]4(C(=O)NS(=O)(=O)C5(C)CC5)C[C@H]4/C=C\CCCCC[C@H](CC(=O)OC4CCCC4)C(=O)N2C1)O3. The first-order chi connectivity index (χ1) is 26.8. The summed E-state index contributed by atoms with van der Waals surface area (Å²) in [7, 11) is -2.36. The van der Waals surface area contributed by atoms with Crippen LogP contribution in [0, 0.1) is 18.8 Å². The van der Waals surface area contributed by atoms with Crippen molar-refractivity contribution in [3.63, 3.8) is 0 Å². The van der Waals surface area contributed by atoms with Crippen LogP contribution < -0.4 is 19.5 Å². The molecule has 0 radical (unpaired) electrons. The smallest absolute Gasteiger partial charge is 0.306 e. The summed E-state index contributed by atoms with van der Waals surface area (Å²) < 4.78 is 46.0. The first kappa shape index (κ1) is 38.7. The standard InChI is InChI=1S/C42H54N4O9S/c1-26-36-31(32-22-30(53-3)15-16-33(32)43-26)17-18-41(55-36)24-34-37(48)44-42(39(50)45-56(51,52)40(2)19-20-40)23-28(42)12-8-6-4-5-7-11-27(38(49)46(34)25-41)21-35(47)54-29-13-9-10-14-29/h8,12,15-16,22,27-29,34H,4-7,9-11,13-14,17-21,23-25H2,1-3H3,(H,44,48)(H,45,50)/b12-8-/t27-,28-,34+,41-,42-/m1/s1. The number of nitrogens with zero attached hydrogens (tertiary/aromatic N) is 2. The molecule has 1 spiro atoms. The van der Waals surface area contributed by atoms with Gasteiger partial charge in [0.1, 0.15) is 34.8 Å². The second-order valence-corrected chi connectivity index (χ2v) is 19.6. The van der Waals surface area contributed by atoms with Gasteiger partial charge in [-0.15, -0.1) is 0 Å². The molecule has 5 atom stereocenters. The Balaban J connectivity index is 1.12. The van der Waals surface area contributed by atoms with E-state index in [4.69, 9.17) is 19.2 Å². The van der Waals surface area contributed by atoms with Crippen molar-refractivity contribution < 1.29 is 41.8 Å². The van der Waals surface area contributed by atoms with Gasteiger partial charge in [-0.3, -0.25) is 23.9 Å². The zero-order valence-electron chi connectivity index (χ0n) is 32.7. The van der Waals surface area contributed by atoms with Crippen LogP contribution >= 0.6 is 0 Å². The zero-order valence-corrected chi connectivity index (χ0v) is 33.5. The van der Waals surface area contributed by atoms with Crippen molar-refractivity contribution >= 4 is 44.6 Å². The second kappa shape index (κ2) is 14.6. The van der Waals surface area contributed by atoms with Crippen LogP contribution in [-0.4, -0.2) is 83.7 Å². The molecule has 3 saturated carbocycles. The summed E-state index contributed by atoms with van der Waals surface area (Å²) in [6.45, 7) is 3.60. The third-order valence-corrected chi connectivity index (χ3v) is 15.5. The molecule has 8 rings (SSSR count). The van der Waals surface area contributed by atoms with E-state index in [0.717, 1.165) is 61.4 Å². The number of carbonyl (C=O) groups is 4. The second-order valence-electron chi connectivity index (χ2n) is 17.4. The van der Waals surface area contributed by atoms with Crippen molar-refractivity contribution in [1.29, 1.82) is 0 Å². The van der Waals surface area contributed by atoms with Crippen molar-refractivity contribution in [2.45, 2.75) is 145 Å². The summed E-state index contributed by atoms with van der Waals surface area (Å²) in [5, 5.41) is 3.90. The van der Waals surface area contributed by atoms with E-state index in [-0.39, 0.29) is 37.8 Å². The number of hydrogen-bond donors (Lipinski definition) is 2. The predicted molar refractivity (Wildman–Crippen MR) is 207 cm³/mol. The summed E-state index contributed by atoms with van der Waals surface area (Å²) in [5.41, 5.74) is 0.0555. The number of benzene rings is 1. The van der Waals surface area contributed by atoms with E-state index >= 15 is 0 Å². The molecule has 3 aliphatic heterocycles. The molecule has 3 amide bonds. The number of aryl methyl sites for hydroxylation is 2. The van der Waals surface area contributed by atoms with E-state index < -0.39 is 61.6 Å². The number of sulfonamides is 1. The lowest BCUT2D eigenvalue weighted by Crippen LogP contribution is -2.57. The van der Waals surface area contributed by atoms with E-state index in [1.165, 1.54) is 0 Å². The topological polar surface area (TPSA) is 170 Å². The maximum Gasteiger partial charge on any atom is 0.306 e. The van der Waals surface area contributed by atoms with Gasteiger partial charge < -0.3 is 24.4 Å². The number of carbonyl (C=O) groups excluding carboxylic acids is 4. The molecule has 302 valence electrons. The molecule has 0 unspecified atom stereocenters. The molecule has 4 fully saturated rings. The zero-order chi connectivity index (χ0) is 39.5. The van der Waals surface area contributed by atoms with Crippen LogP contribution in [0.2, 0.25) is 0 Å². The van der Waals surface area contributed by atoms with E-state index in [2.05, 4.69) is 10.0 Å². The van der Waals surface area contributed by atoms with Crippen LogP contribution in [0.3, 0.4) is 0 Å². The lowest BCUT2D eigenvalue weighted by molar-refractivity contribution is -0.154. The molecule has 4 heterocycles. The van der Waals surface area contributed by atoms with E-state index in [1.807, 2.05) is 37.3 Å². The molecule has 3 aliphatic carbocycles. The Kier molecular flexibility index (Phi) is 10.1. The predicted octanol–water partition coefficient (Wildman–Crippen LogP) is 5.10.